The summed E-state index contributed by atoms with van der Waals surface area (Å²) >= 11 is 0. The zero-order chi connectivity index (χ0) is 29.4. The number of hydrogen-bond donors (Lipinski definition) is 5. The smallest absolute Gasteiger partial charge is 0.217 e. The number of nitrogens with one attached hydrogen (secondary N) is 2. The van der Waals surface area contributed by atoms with E-state index in [-0.39, 0.29) is 36.3 Å². The number of aliphatic hydroxyl groups excluding tert-OH is 3. The molecule has 2 aliphatic heterocycles. The van der Waals surface area contributed by atoms with Crippen molar-refractivity contribution in [1.82, 2.24) is 10.6 Å². The zero-order valence-corrected chi connectivity index (χ0v) is 24.8. The molecule has 220 valence electrons. The lowest BCUT2D eigenvalue weighted by Crippen LogP contribution is -2.64. The molecule has 0 spiro atoms. The fourth-order valence-corrected chi connectivity index (χ4v) is 5.08. The van der Waals surface area contributed by atoms with Crippen LogP contribution in [-0.4, -0.2) is 106 Å². The molecule has 2 heterocycles. The summed E-state index contributed by atoms with van der Waals surface area (Å²) in [6.07, 6.45) is -4.20. The number of amides is 2. The van der Waals surface area contributed by atoms with Crippen LogP contribution in [0.1, 0.15) is 54.4 Å². The van der Waals surface area contributed by atoms with Gasteiger partial charge in [0.15, 0.2) is 24.1 Å². The Morgan fingerprint density at radius 1 is 0.921 bits per heavy atom. The number of carbonyl (C=O) groups excluding carboxylic acids is 4. The fraction of sp³-hybridized carbons (Fsp3) is 0.826. The molecule has 38 heavy (non-hydrogen) atoms. The molecule has 0 aromatic heterocycles. The van der Waals surface area contributed by atoms with Crippen LogP contribution in [0.5, 0.6) is 0 Å². The van der Waals surface area contributed by atoms with E-state index in [0.29, 0.717) is 12.6 Å². The minimum atomic E-state index is -1.47. The maximum absolute atomic E-state index is 11.2. The van der Waals surface area contributed by atoms with Gasteiger partial charge in [-0.25, -0.2) is 0 Å². The predicted octanol–water partition coefficient (Wildman–Crippen LogP) is -1.05. The van der Waals surface area contributed by atoms with E-state index < -0.39 is 54.2 Å². The average Bonchev–Trinajstić information content (AvgIpc) is 2.75. The molecule has 0 aromatic rings. The minimum absolute atomic E-state index is 0.110. The van der Waals surface area contributed by atoms with Crippen LogP contribution in [0.4, 0.5) is 0 Å². The first kappa shape index (κ1) is 34.9. The van der Waals surface area contributed by atoms with E-state index in [1.54, 1.807) is 20.8 Å². The summed E-state index contributed by atoms with van der Waals surface area (Å²) in [4.78, 5) is 44.0. The van der Waals surface area contributed by atoms with Gasteiger partial charge in [0.05, 0.1) is 36.0 Å². The Balaban J connectivity index is 0.000000382. The third kappa shape index (κ3) is 10.8. The first-order valence-electron chi connectivity index (χ1n) is 12.2. The van der Waals surface area contributed by atoms with Crippen molar-refractivity contribution in [2.45, 2.75) is 120 Å². The van der Waals surface area contributed by atoms with Crippen molar-refractivity contribution in [1.29, 1.82) is 0 Å². The van der Waals surface area contributed by atoms with Gasteiger partial charge in [0.2, 0.25) is 11.8 Å². The van der Waals surface area contributed by atoms with E-state index in [1.165, 1.54) is 13.8 Å². The van der Waals surface area contributed by atoms with Crippen molar-refractivity contribution < 1.29 is 53.4 Å². The number of ether oxygens (including phenoxy) is 4. The quantitative estimate of drug-likeness (QED) is 0.164. The zero-order valence-electron chi connectivity index (χ0n) is 22.5. The van der Waals surface area contributed by atoms with Crippen LogP contribution in [0.25, 0.3) is 0 Å². The number of hydrogen-bond acceptors (Lipinski definition) is 11. The molecule has 2 amide bonds. The van der Waals surface area contributed by atoms with Gasteiger partial charge >= 0.3 is 0 Å². The average molecular weight is 585 g/mol. The van der Waals surface area contributed by atoms with Crippen LogP contribution in [0.15, 0.2) is 0 Å². The summed E-state index contributed by atoms with van der Waals surface area (Å²) in [7, 11) is 4.89. The molecule has 0 saturated carbocycles. The SMILES string of the molecule is CC(=O)NC1C(O)CC(C)(OC(C)P)OC1C(O)C=O.CC(=O)NC1C(O)CC(C)(OC(C)P)OC1C=O. The second-order valence-electron chi connectivity index (χ2n) is 9.84. The first-order valence-corrected chi connectivity index (χ1v) is 13.5. The molecule has 13 nitrogen and oxygen atoms in total. The van der Waals surface area contributed by atoms with Crippen LogP contribution < -0.4 is 10.6 Å². The van der Waals surface area contributed by atoms with Crippen molar-refractivity contribution >= 4 is 42.9 Å². The van der Waals surface area contributed by atoms with E-state index >= 15 is 0 Å². The minimum Gasteiger partial charge on any atom is -0.391 e. The molecular weight excluding hydrogens is 542 g/mol. The van der Waals surface area contributed by atoms with Gasteiger partial charge in [-0.1, -0.05) is 0 Å². The summed E-state index contributed by atoms with van der Waals surface area (Å²) in [6, 6.07) is -1.61. The number of aldehydes is 2. The van der Waals surface area contributed by atoms with Crippen molar-refractivity contribution in [3.63, 3.8) is 0 Å². The second-order valence-corrected chi connectivity index (χ2v) is 11.7. The first-order chi connectivity index (χ1) is 17.5. The van der Waals surface area contributed by atoms with Gasteiger partial charge in [-0.3, -0.25) is 9.59 Å². The summed E-state index contributed by atoms with van der Waals surface area (Å²) in [5, 5.41) is 34.9. The molecule has 0 radical (unpaired) electrons. The number of rotatable bonds is 9. The highest BCUT2D eigenvalue weighted by Gasteiger charge is 2.48. The molecule has 2 saturated heterocycles. The topological polar surface area (TPSA) is 190 Å². The third-order valence-corrected chi connectivity index (χ3v) is 5.96. The van der Waals surface area contributed by atoms with Gasteiger partial charge in [0, 0.05) is 26.7 Å². The van der Waals surface area contributed by atoms with E-state index in [9.17, 15) is 34.5 Å². The highest BCUT2D eigenvalue weighted by atomic mass is 31.0. The van der Waals surface area contributed by atoms with E-state index in [1.807, 2.05) is 6.92 Å². The molecule has 13 atom stereocenters. The maximum atomic E-state index is 11.2. The molecule has 0 bridgehead atoms. The molecule has 0 aliphatic carbocycles. The summed E-state index contributed by atoms with van der Waals surface area (Å²) < 4.78 is 22.3. The Morgan fingerprint density at radius 3 is 1.74 bits per heavy atom. The number of carbonyl (C=O) groups is 4. The van der Waals surface area contributed by atoms with Crippen molar-refractivity contribution in [2.75, 3.05) is 0 Å². The summed E-state index contributed by atoms with van der Waals surface area (Å²) in [5.41, 5.74) is 0. The molecule has 2 aliphatic rings. The molecule has 0 aromatic carbocycles. The van der Waals surface area contributed by atoms with E-state index in [0.717, 1.165) is 0 Å². The third-order valence-electron chi connectivity index (χ3n) is 5.69. The highest BCUT2D eigenvalue weighted by molar-refractivity contribution is 7.17. The van der Waals surface area contributed by atoms with Crippen LogP contribution in [-0.2, 0) is 38.1 Å². The largest absolute Gasteiger partial charge is 0.391 e. The molecule has 13 unspecified atom stereocenters. The maximum Gasteiger partial charge on any atom is 0.217 e. The Labute approximate surface area is 227 Å². The van der Waals surface area contributed by atoms with Crippen LogP contribution >= 0.6 is 18.5 Å². The van der Waals surface area contributed by atoms with Gasteiger partial charge in [-0.2, -0.15) is 0 Å². The molecule has 2 rings (SSSR count). The molecule has 15 heteroatoms. The van der Waals surface area contributed by atoms with Crippen LogP contribution in [0.2, 0.25) is 0 Å². The lowest BCUT2D eigenvalue weighted by molar-refractivity contribution is -0.305. The van der Waals surface area contributed by atoms with Gasteiger partial charge in [-0.05, 0) is 27.7 Å². The van der Waals surface area contributed by atoms with Crippen molar-refractivity contribution in [2.24, 2.45) is 0 Å². The van der Waals surface area contributed by atoms with Gasteiger partial charge < -0.3 is 54.5 Å². The van der Waals surface area contributed by atoms with Gasteiger partial charge in [0.1, 0.15) is 18.3 Å². The monoisotopic (exact) mass is 584 g/mol. The van der Waals surface area contributed by atoms with Crippen LogP contribution in [0, 0.1) is 0 Å². The van der Waals surface area contributed by atoms with Gasteiger partial charge in [0.25, 0.3) is 0 Å². The van der Waals surface area contributed by atoms with E-state index in [2.05, 4.69) is 29.1 Å². The Bertz CT molecular complexity index is 820. The van der Waals surface area contributed by atoms with Gasteiger partial charge in [-0.15, -0.1) is 18.5 Å². The molecule has 5 N–H and O–H groups in total. The summed E-state index contributed by atoms with van der Waals surface area (Å²) in [5.74, 6) is -3.31. The summed E-state index contributed by atoms with van der Waals surface area (Å²) in [6.45, 7) is 9.47. The van der Waals surface area contributed by atoms with Crippen molar-refractivity contribution in [3.8, 4) is 0 Å². The van der Waals surface area contributed by atoms with E-state index in [4.69, 9.17) is 18.9 Å². The lowest BCUT2D eigenvalue weighted by atomic mass is 9.91. The standard InChI is InChI=1S/C12H22NO6P.C11H20NO5P/c1-6(15)13-10-8(16)4-12(3,18-7(2)20)19-11(10)9(17)5-14;1-6(14)12-10-8(15)4-11(3,16-7(2)18)17-9(10)5-13/h5,7-11,16-17H,4,20H2,1-3H3,(H,13,15);5,7-10,15H,4,18H2,1-3H3,(H,12,14). The highest BCUT2D eigenvalue weighted by Crippen LogP contribution is 2.34. The Hall–Kier alpha value is -1.14. The second kappa shape index (κ2) is 15.0. The fourth-order valence-electron chi connectivity index (χ4n) is 4.51. The molecule has 2 fully saturated rings. The molecular formula is C23H42N2O11P2. The normalized spacial score (nSPS) is 37.4. The lowest BCUT2D eigenvalue weighted by Gasteiger charge is -2.46. The number of aliphatic hydroxyl groups is 3. The Morgan fingerprint density at radius 2 is 1.34 bits per heavy atom. The predicted molar refractivity (Wildman–Crippen MR) is 142 cm³/mol. The van der Waals surface area contributed by atoms with Crippen LogP contribution in [0.3, 0.4) is 0 Å². The van der Waals surface area contributed by atoms with Crippen molar-refractivity contribution in [3.05, 3.63) is 0 Å². The Kier molecular flexibility index (Phi) is 13.8.